The Hall–Kier alpha value is -0.610. The molecular formula is C17H30N2O2. The van der Waals surface area contributed by atoms with Gasteiger partial charge >= 0.3 is 0 Å². The summed E-state index contributed by atoms with van der Waals surface area (Å²) < 4.78 is 5.79. The van der Waals surface area contributed by atoms with Crippen molar-refractivity contribution in [3.63, 3.8) is 0 Å². The fourth-order valence-electron chi connectivity index (χ4n) is 3.75. The fraction of sp³-hybridized carbons (Fsp3) is 0.941. The van der Waals surface area contributed by atoms with Crippen LogP contribution >= 0.6 is 0 Å². The van der Waals surface area contributed by atoms with E-state index in [4.69, 9.17) is 4.74 Å². The van der Waals surface area contributed by atoms with Crippen molar-refractivity contribution in [3.8, 4) is 0 Å². The molecule has 1 unspecified atom stereocenters. The molecule has 0 aromatic heterocycles. The molecule has 0 N–H and O–H groups in total. The zero-order valence-corrected chi connectivity index (χ0v) is 13.4. The van der Waals surface area contributed by atoms with Crippen LogP contribution in [0.5, 0.6) is 0 Å². The van der Waals surface area contributed by atoms with Gasteiger partial charge in [-0.2, -0.15) is 0 Å². The van der Waals surface area contributed by atoms with Crippen LogP contribution in [0.1, 0.15) is 51.4 Å². The van der Waals surface area contributed by atoms with Crippen molar-refractivity contribution in [3.05, 3.63) is 0 Å². The van der Waals surface area contributed by atoms with Gasteiger partial charge in [-0.15, -0.1) is 0 Å². The lowest BCUT2D eigenvalue weighted by Gasteiger charge is -2.31. The number of carbonyl (C=O) groups is 1. The SMILES string of the molecule is CN(CC1CC1)C(=O)CN(CC1CCCO1)C1CCCC1. The topological polar surface area (TPSA) is 32.8 Å². The number of amides is 1. The van der Waals surface area contributed by atoms with E-state index in [1.54, 1.807) is 0 Å². The maximum Gasteiger partial charge on any atom is 0.236 e. The molecule has 0 bridgehead atoms. The summed E-state index contributed by atoms with van der Waals surface area (Å²) >= 11 is 0. The second kappa shape index (κ2) is 7.10. The highest BCUT2D eigenvalue weighted by Crippen LogP contribution is 2.29. The van der Waals surface area contributed by atoms with E-state index in [1.165, 1.54) is 44.9 Å². The molecule has 21 heavy (non-hydrogen) atoms. The minimum absolute atomic E-state index is 0.298. The summed E-state index contributed by atoms with van der Waals surface area (Å²) in [7, 11) is 1.97. The predicted octanol–water partition coefficient (Wildman–Crippen LogP) is 2.28. The molecule has 1 saturated heterocycles. The monoisotopic (exact) mass is 294 g/mol. The first-order valence-electron chi connectivity index (χ1n) is 8.82. The van der Waals surface area contributed by atoms with Gasteiger partial charge in [0.05, 0.1) is 12.6 Å². The smallest absolute Gasteiger partial charge is 0.236 e. The second-order valence-corrected chi connectivity index (χ2v) is 7.22. The molecule has 4 heteroatoms. The molecule has 0 aromatic rings. The predicted molar refractivity (Wildman–Crippen MR) is 83.2 cm³/mol. The van der Waals surface area contributed by atoms with Crippen molar-refractivity contribution < 1.29 is 9.53 Å². The van der Waals surface area contributed by atoms with Crippen molar-refractivity contribution in [1.82, 2.24) is 9.80 Å². The highest BCUT2D eigenvalue weighted by atomic mass is 16.5. The number of nitrogens with zero attached hydrogens (tertiary/aromatic N) is 2. The van der Waals surface area contributed by atoms with Crippen molar-refractivity contribution >= 4 is 5.91 Å². The van der Waals surface area contributed by atoms with Crippen LogP contribution in [0, 0.1) is 5.92 Å². The summed E-state index contributed by atoms with van der Waals surface area (Å²) in [5, 5.41) is 0. The summed E-state index contributed by atoms with van der Waals surface area (Å²) in [6.45, 7) is 3.40. The lowest BCUT2D eigenvalue weighted by atomic mass is 10.1. The van der Waals surface area contributed by atoms with Gasteiger partial charge in [-0.1, -0.05) is 12.8 Å². The Bertz CT molecular complexity index is 345. The molecule has 1 amide bonds. The molecule has 0 spiro atoms. The average Bonchev–Trinajstić information content (AvgIpc) is 2.97. The third kappa shape index (κ3) is 4.43. The standard InChI is InChI=1S/C17H30N2O2/c1-18(11-14-8-9-14)17(20)13-19(15-5-2-3-6-15)12-16-7-4-10-21-16/h14-16H,2-13H2,1H3. The van der Waals surface area contributed by atoms with Gasteiger partial charge in [0.25, 0.3) is 0 Å². The van der Waals surface area contributed by atoms with Crippen LogP contribution < -0.4 is 0 Å². The minimum atomic E-state index is 0.298. The first kappa shape index (κ1) is 15.3. The average molecular weight is 294 g/mol. The minimum Gasteiger partial charge on any atom is -0.377 e. The molecule has 1 heterocycles. The molecule has 3 rings (SSSR count). The fourth-order valence-corrected chi connectivity index (χ4v) is 3.75. The van der Waals surface area contributed by atoms with Crippen LogP contribution in [0.25, 0.3) is 0 Å². The van der Waals surface area contributed by atoms with E-state index in [2.05, 4.69) is 4.90 Å². The van der Waals surface area contributed by atoms with E-state index in [-0.39, 0.29) is 0 Å². The summed E-state index contributed by atoms with van der Waals surface area (Å²) in [6.07, 6.45) is 10.5. The van der Waals surface area contributed by atoms with Crippen molar-refractivity contribution in [2.75, 3.05) is 33.3 Å². The Morgan fingerprint density at radius 1 is 1.05 bits per heavy atom. The van der Waals surface area contributed by atoms with Crippen LogP contribution in [0.3, 0.4) is 0 Å². The van der Waals surface area contributed by atoms with Crippen molar-refractivity contribution in [2.24, 2.45) is 5.92 Å². The number of carbonyl (C=O) groups excluding carboxylic acids is 1. The molecule has 3 fully saturated rings. The molecular weight excluding hydrogens is 264 g/mol. The van der Waals surface area contributed by atoms with Gasteiger partial charge in [-0.25, -0.2) is 0 Å². The van der Waals surface area contributed by atoms with Crippen LogP contribution in [-0.4, -0.2) is 61.1 Å². The van der Waals surface area contributed by atoms with Gasteiger partial charge in [0.2, 0.25) is 5.91 Å². The normalized spacial score (nSPS) is 26.7. The lowest BCUT2D eigenvalue weighted by molar-refractivity contribution is -0.132. The number of hydrogen-bond acceptors (Lipinski definition) is 3. The second-order valence-electron chi connectivity index (χ2n) is 7.22. The third-order valence-corrected chi connectivity index (χ3v) is 5.30. The Morgan fingerprint density at radius 2 is 1.81 bits per heavy atom. The molecule has 2 aliphatic carbocycles. The summed E-state index contributed by atoms with van der Waals surface area (Å²) in [5.74, 6) is 1.07. The molecule has 120 valence electrons. The van der Waals surface area contributed by atoms with Crippen LogP contribution in [0.15, 0.2) is 0 Å². The molecule has 4 nitrogen and oxygen atoms in total. The first-order chi connectivity index (χ1) is 10.2. The zero-order chi connectivity index (χ0) is 14.7. The van der Waals surface area contributed by atoms with Crippen molar-refractivity contribution in [1.29, 1.82) is 0 Å². The van der Waals surface area contributed by atoms with E-state index in [0.29, 0.717) is 24.6 Å². The third-order valence-electron chi connectivity index (χ3n) is 5.30. The van der Waals surface area contributed by atoms with Gasteiger partial charge < -0.3 is 9.64 Å². The number of hydrogen-bond donors (Lipinski definition) is 0. The van der Waals surface area contributed by atoms with Crippen molar-refractivity contribution in [2.45, 2.75) is 63.5 Å². The summed E-state index contributed by atoms with van der Waals surface area (Å²) in [5.41, 5.74) is 0. The molecule has 0 radical (unpaired) electrons. The van der Waals surface area contributed by atoms with Gasteiger partial charge in [0, 0.05) is 32.8 Å². The lowest BCUT2D eigenvalue weighted by Crippen LogP contribution is -2.46. The molecule has 0 aromatic carbocycles. The Kier molecular flexibility index (Phi) is 5.17. The van der Waals surface area contributed by atoms with E-state index in [9.17, 15) is 4.79 Å². The van der Waals surface area contributed by atoms with Crippen LogP contribution in [0.2, 0.25) is 0 Å². The highest BCUT2D eigenvalue weighted by molar-refractivity contribution is 5.78. The van der Waals surface area contributed by atoms with E-state index in [0.717, 1.165) is 32.0 Å². The summed E-state index contributed by atoms with van der Waals surface area (Å²) in [6, 6.07) is 0.604. The summed E-state index contributed by atoms with van der Waals surface area (Å²) in [4.78, 5) is 16.9. The van der Waals surface area contributed by atoms with Crippen LogP contribution in [-0.2, 0) is 9.53 Å². The molecule has 1 atom stereocenters. The van der Waals surface area contributed by atoms with Gasteiger partial charge in [-0.05, 0) is 44.4 Å². The number of rotatable bonds is 7. The van der Waals surface area contributed by atoms with E-state index in [1.807, 2.05) is 11.9 Å². The Morgan fingerprint density at radius 3 is 2.43 bits per heavy atom. The largest absolute Gasteiger partial charge is 0.377 e. The van der Waals surface area contributed by atoms with E-state index < -0.39 is 0 Å². The van der Waals surface area contributed by atoms with Gasteiger partial charge in [0.15, 0.2) is 0 Å². The number of likely N-dealkylation sites (N-methyl/N-ethyl adjacent to an activating group) is 1. The Labute approximate surface area is 128 Å². The molecule has 1 aliphatic heterocycles. The quantitative estimate of drug-likeness (QED) is 0.722. The highest BCUT2D eigenvalue weighted by Gasteiger charge is 2.30. The maximum atomic E-state index is 12.5. The Balaban J connectivity index is 1.53. The van der Waals surface area contributed by atoms with Crippen LogP contribution in [0.4, 0.5) is 0 Å². The zero-order valence-electron chi connectivity index (χ0n) is 13.4. The first-order valence-corrected chi connectivity index (χ1v) is 8.82. The number of ether oxygens (including phenoxy) is 1. The van der Waals surface area contributed by atoms with Gasteiger partial charge in [0.1, 0.15) is 0 Å². The van der Waals surface area contributed by atoms with Gasteiger partial charge in [-0.3, -0.25) is 9.69 Å². The molecule has 3 aliphatic rings. The molecule has 2 saturated carbocycles. The van der Waals surface area contributed by atoms with E-state index >= 15 is 0 Å². The maximum absolute atomic E-state index is 12.5.